The fourth-order valence-corrected chi connectivity index (χ4v) is 21.1. The lowest BCUT2D eigenvalue weighted by molar-refractivity contribution is 0.471. The zero-order valence-electron chi connectivity index (χ0n) is 59.2. The van der Waals surface area contributed by atoms with E-state index in [1.54, 1.807) is 56.0 Å². The normalized spacial score (nSPS) is 21.5. The van der Waals surface area contributed by atoms with E-state index in [9.17, 15) is 22.8 Å². The SMILES string of the molecule is CCc1cc(F)cc2c1[nH]c1nc(Sc3cn(C)c(=O)n(C)c3=O)nc(N3C[C@H]4C[C@@H]3C[C@H]4N)c12.CCc1cc(F)cc2c1[nH]c1nc(Sc3cnc(-c4ncc(C)o4)s3)nc(N3C[C@H]4C[C@@H]3C[C@H]4N)c12.CCc1cc(F)cc2c1[nH]c1nc(Sc3nnc(-c4ncc(C)o4)s3)nc(N3C[C@H]4C[C@@H]3C[C@H]4N)c12. The summed E-state index contributed by atoms with van der Waals surface area (Å²) >= 11 is 6.80. The summed E-state index contributed by atoms with van der Waals surface area (Å²) in [6, 6.07) is 11.0. The Morgan fingerprint density at radius 1 is 0.523 bits per heavy atom. The number of hydrogen-bond donors (Lipinski definition) is 6. The molecule has 0 radical (unpaired) electrons. The average Bonchev–Trinajstić information content (AvgIpc) is 1.59. The van der Waals surface area contributed by atoms with Crippen molar-refractivity contribution in [1.82, 2.24) is 79.1 Å². The van der Waals surface area contributed by atoms with E-state index in [2.05, 4.69) is 54.8 Å². The quantitative estimate of drug-likeness (QED) is 0.0551. The highest BCUT2D eigenvalue weighted by atomic mass is 32.2. The number of hydrogen-bond acceptors (Lipinski definition) is 26. The maximum absolute atomic E-state index is 14.6. The van der Waals surface area contributed by atoms with E-state index < -0.39 is 11.2 Å². The minimum absolute atomic E-state index is 0.183. The van der Waals surface area contributed by atoms with Crippen LogP contribution in [0.1, 0.15) is 87.5 Å². The number of nitrogens with zero attached hydrogens (tertiary/aromatic N) is 16. The molecule has 3 aliphatic heterocycles. The molecule has 550 valence electrons. The second-order valence-electron chi connectivity index (χ2n) is 28.6. The molecule has 3 saturated heterocycles. The molecule has 0 unspecified atom stereocenters. The number of aromatic amines is 3. The zero-order chi connectivity index (χ0) is 73.7. The smallest absolute Gasteiger partial charge is 0.330 e. The first-order valence-corrected chi connectivity index (χ1v) is 39.8. The van der Waals surface area contributed by atoms with Crippen LogP contribution in [-0.4, -0.2) is 135 Å². The number of fused-ring (bicyclic) bond motifs is 15. The van der Waals surface area contributed by atoms with Crippen LogP contribution in [0, 0.1) is 49.1 Å². The number of aryl methyl sites for hydroxylation is 6. The van der Waals surface area contributed by atoms with Crippen molar-refractivity contribution in [3.63, 3.8) is 0 Å². The van der Waals surface area contributed by atoms with Crippen molar-refractivity contribution in [2.45, 2.75) is 158 Å². The van der Waals surface area contributed by atoms with Gasteiger partial charge in [-0.05, 0) is 178 Å². The molecule has 14 aromatic rings. The van der Waals surface area contributed by atoms with Crippen LogP contribution in [0.4, 0.5) is 30.6 Å². The van der Waals surface area contributed by atoms with Crippen LogP contribution in [0.15, 0.2) is 109 Å². The summed E-state index contributed by atoms with van der Waals surface area (Å²) in [7, 11) is 3.05. The highest BCUT2D eigenvalue weighted by Crippen LogP contribution is 2.49. The first kappa shape index (κ1) is 69.5. The summed E-state index contributed by atoms with van der Waals surface area (Å²) in [4.78, 5) is 84.9. The van der Waals surface area contributed by atoms with Crippen LogP contribution in [-0.2, 0) is 33.4 Å². The lowest BCUT2D eigenvalue weighted by Crippen LogP contribution is -2.41. The van der Waals surface area contributed by atoms with Gasteiger partial charge in [0.2, 0.25) is 5.01 Å². The van der Waals surface area contributed by atoms with Crippen molar-refractivity contribution in [2.24, 2.45) is 49.1 Å². The molecule has 11 aromatic heterocycles. The molecule has 6 aliphatic rings. The van der Waals surface area contributed by atoms with Gasteiger partial charge in [0.1, 0.15) is 63.4 Å². The number of nitrogens with two attached hydrogens (primary N) is 3. The first-order valence-electron chi connectivity index (χ1n) is 35.8. The van der Waals surface area contributed by atoms with Crippen molar-refractivity contribution in [3.8, 4) is 21.8 Å². The second kappa shape index (κ2) is 27.1. The molecule has 26 nitrogen and oxygen atoms in total. The Hall–Kier alpha value is -9.29. The van der Waals surface area contributed by atoms with Crippen LogP contribution in [0.2, 0.25) is 0 Å². The average molecular weight is 1540 g/mol. The van der Waals surface area contributed by atoms with Crippen LogP contribution >= 0.6 is 58.0 Å². The molecular formula is C73H73F3N22O4S5. The number of nitrogens with one attached hydrogen (secondary N) is 3. The number of benzene rings is 3. The Kier molecular flexibility index (Phi) is 17.6. The van der Waals surface area contributed by atoms with Crippen molar-refractivity contribution in [2.75, 3.05) is 34.3 Å². The Labute approximate surface area is 628 Å². The van der Waals surface area contributed by atoms with Crippen molar-refractivity contribution >= 4 is 141 Å². The third-order valence-electron chi connectivity index (χ3n) is 21.9. The number of rotatable bonds is 14. The van der Waals surface area contributed by atoms with Crippen molar-refractivity contribution < 1.29 is 22.0 Å². The van der Waals surface area contributed by atoms with Crippen LogP contribution in [0.25, 0.3) is 87.6 Å². The summed E-state index contributed by atoms with van der Waals surface area (Å²) in [6.07, 6.45) is 14.7. The maximum Gasteiger partial charge on any atom is 0.330 e. The number of H-pyrrole nitrogens is 3. The standard InChI is InChI=1S/C25H24FN7OS2.C24H23FN8OS2.C24H26FN7O2S/c1-3-12-4-14(26)6-16-19-21(30-20(12)16)31-25(32-22(19)33-10-13-5-15(33)7-17(13)27)36-18-9-29-24(35-18)23-28-8-11(2)34-23;1-3-11-4-13(25)6-15-17-19(28-18(11)15)29-23(30-20(17)33-9-12-5-14(33)7-16(12)26)36-24-32-31-22(35-24)21-27-8-10(2)34-21;1-4-11-5-13(25)7-15-18-20(27-19(11)15)28-23(35-17-10-30(2)24(34)31(3)22(17)33)29-21(18)32-9-12-6-14(32)8-16(12)26/h4,6,8-9,13,15,17H,3,5,7,10,27H2,1-2H3,(H,30,31,32);4,6,8,12,14,16H,3,5,7,9,26H2,1-2H3,(H,28,29,30);5,7,10,12,14,16H,4,6,8-9,26H2,1-3H3,(H,27,28,29)/t13-,15-,17-;2*12-,14-,16-/m111/s1. The predicted octanol–water partition coefficient (Wildman–Crippen LogP) is 12.3. The van der Waals surface area contributed by atoms with Gasteiger partial charge in [-0.1, -0.05) is 32.1 Å². The van der Waals surface area contributed by atoms with Gasteiger partial charge in [-0.3, -0.25) is 9.36 Å². The predicted molar refractivity (Wildman–Crippen MR) is 409 cm³/mol. The lowest BCUT2D eigenvalue weighted by Gasteiger charge is -2.31. The number of anilines is 3. The van der Waals surface area contributed by atoms with E-state index in [1.165, 1.54) is 70.1 Å². The number of thiazole rings is 1. The van der Waals surface area contributed by atoms with Gasteiger partial charge in [0.15, 0.2) is 24.8 Å². The fraction of sp³-hybridized carbons (Fsp3) is 0.384. The third kappa shape index (κ3) is 12.4. The minimum atomic E-state index is -0.401. The lowest BCUT2D eigenvalue weighted by atomic mass is 10.0. The highest BCUT2D eigenvalue weighted by molar-refractivity contribution is 8.01. The van der Waals surface area contributed by atoms with E-state index in [0.29, 0.717) is 106 Å². The van der Waals surface area contributed by atoms with Gasteiger partial charge in [-0.25, -0.2) is 62.8 Å². The number of piperidine rings is 3. The molecular weight excluding hydrogens is 1470 g/mol. The molecule has 6 fully saturated rings. The molecule has 6 bridgehead atoms. The molecule has 20 rings (SSSR count). The summed E-state index contributed by atoms with van der Waals surface area (Å²) in [5.41, 5.74) is 25.6. The summed E-state index contributed by atoms with van der Waals surface area (Å²) < 4.78 is 59.0. The van der Waals surface area contributed by atoms with Gasteiger partial charge in [0, 0.05) is 92.3 Å². The largest absolute Gasteiger partial charge is 0.440 e. The van der Waals surface area contributed by atoms with Crippen molar-refractivity contribution in [3.05, 3.63) is 128 Å². The van der Waals surface area contributed by atoms with Gasteiger partial charge >= 0.3 is 5.69 Å². The van der Waals surface area contributed by atoms with Gasteiger partial charge in [-0.2, -0.15) is 0 Å². The van der Waals surface area contributed by atoms with E-state index in [4.69, 9.17) is 55.9 Å². The number of aromatic nitrogens is 16. The monoisotopic (exact) mass is 1540 g/mol. The van der Waals surface area contributed by atoms with Gasteiger partial charge in [0.05, 0.1) is 60.4 Å². The summed E-state index contributed by atoms with van der Waals surface area (Å²) in [6.45, 7) is 12.2. The Morgan fingerprint density at radius 3 is 1.34 bits per heavy atom. The summed E-state index contributed by atoms with van der Waals surface area (Å²) in [5, 5.41) is 16.3. The Morgan fingerprint density at radius 2 is 0.944 bits per heavy atom. The van der Waals surface area contributed by atoms with E-state index >= 15 is 0 Å². The van der Waals surface area contributed by atoms with Gasteiger partial charge in [-0.15, -0.1) is 21.5 Å². The molecule has 3 saturated carbocycles. The molecule has 0 amide bonds. The molecule has 9 atom stereocenters. The molecule has 107 heavy (non-hydrogen) atoms. The molecule has 3 aliphatic carbocycles. The molecule has 14 heterocycles. The van der Waals surface area contributed by atoms with E-state index in [1.807, 2.05) is 34.6 Å². The van der Waals surface area contributed by atoms with Crippen LogP contribution < -0.4 is 43.1 Å². The minimum Gasteiger partial charge on any atom is -0.440 e. The number of halogens is 3. The maximum atomic E-state index is 14.6. The molecule has 0 spiro atoms. The topological polar surface area (TPSA) is 347 Å². The molecule has 9 N–H and O–H groups in total. The molecule has 3 aromatic carbocycles. The fourth-order valence-electron chi connectivity index (χ4n) is 16.8. The highest BCUT2D eigenvalue weighted by Gasteiger charge is 2.47. The van der Waals surface area contributed by atoms with E-state index in [0.717, 1.165) is 180 Å². The molecule has 34 heteroatoms. The van der Waals surface area contributed by atoms with Crippen LogP contribution in [0.3, 0.4) is 0 Å². The second-order valence-corrected chi connectivity index (χ2v) is 34.1. The third-order valence-corrected chi connectivity index (χ3v) is 26.6. The zero-order valence-corrected chi connectivity index (χ0v) is 63.2. The summed E-state index contributed by atoms with van der Waals surface area (Å²) in [5.74, 6) is 5.34. The van der Waals surface area contributed by atoms with Crippen LogP contribution in [0.5, 0.6) is 0 Å². The number of oxazole rings is 2. The van der Waals surface area contributed by atoms with Gasteiger partial charge < -0.3 is 60.3 Å². The Balaban J connectivity index is 0.000000113. The van der Waals surface area contributed by atoms with Crippen molar-refractivity contribution in [1.29, 1.82) is 0 Å². The first-order chi connectivity index (χ1) is 51.7. The van der Waals surface area contributed by atoms with Gasteiger partial charge in [0.25, 0.3) is 17.3 Å². The van der Waals surface area contributed by atoms with E-state index in [-0.39, 0.29) is 41.6 Å². The Bertz CT molecular complexity index is 5780.